The summed E-state index contributed by atoms with van der Waals surface area (Å²) in [7, 11) is 1.43. The molecule has 4 nitrogen and oxygen atoms in total. The second-order valence-electron chi connectivity index (χ2n) is 5.91. The van der Waals surface area contributed by atoms with E-state index in [4.69, 9.17) is 10.5 Å². The number of benzene rings is 1. The number of hydrogen-bond acceptors (Lipinski definition) is 4. The minimum absolute atomic E-state index is 0.190. The first-order valence-electron chi connectivity index (χ1n) is 7.73. The number of ether oxygens (including phenoxy) is 1. The average Bonchev–Trinajstić information content (AvgIpc) is 2.49. The lowest BCUT2D eigenvalue weighted by Gasteiger charge is -2.39. The van der Waals surface area contributed by atoms with Gasteiger partial charge in [-0.05, 0) is 36.4 Å². The zero-order chi connectivity index (χ0) is 15.2. The summed E-state index contributed by atoms with van der Waals surface area (Å²) in [6, 6.07) is 8.55. The topological polar surface area (TPSA) is 55.6 Å². The number of piperidine rings is 1. The third-order valence-corrected chi connectivity index (χ3v) is 4.53. The van der Waals surface area contributed by atoms with Gasteiger partial charge in [0.05, 0.1) is 13.5 Å². The van der Waals surface area contributed by atoms with Gasteiger partial charge in [0.1, 0.15) is 0 Å². The van der Waals surface area contributed by atoms with Gasteiger partial charge < -0.3 is 10.5 Å². The molecule has 4 heteroatoms. The van der Waals surface area contributed by atoms with Gasteiger partial charge in [-0.25, -0.2) is 0 Å². The highest BCUT2D eigenvalue weighted by atomic mass is 16.5. The summed E-state index contributed by atoms with van der Waals surface area (Å²) in [6.07, 6.45) is 2.81. The Morgan fingerprint density at radius 3 is 2.76 bits per heavy atom. The Kier molecular flexibility index (Phi) is 5.76. The van der Waals surface area contributed by atoms with Gasteiger partial charge in [0.15, 0.2) is 0 Å². The van der Waals surface area contributed by atoms with Crippen LogP contribution in [0.2, 0.25) is 0 Å². The van der Waals surface area contributed by atoms with Crippen LogP contribution in [0.25, 0.3) is 0 Å². The largest absolute Gasteiger partial charge is 0.469 e. The average molecular weight is 290 g/mol. The van der Waals surface area contributed by atoms with Crippen molar-refractivity contribution < 1.29 is 9.53 Å². The third-order valence-electron chi connectivity index (χ3n) is 4.53. The van der Waals surface area contributed by atoms with Crippen LogP contribution >= 0.6 is 0 Å². The van der Waals surface area contributed by atoms with Crippen LogP contribution < -0.4 is 5.73 Å². The maximum atomic E-state index is 11.5. The Labute approximate surface area is 127 Å². The van der Waals surface area contributed by atoms with Crippen LogP contribution in [-0.2, 0) is 22.5 Å². The minimum atomic E-state index is -0.190. The molecular formula is C17H26N2O2. The lowest BCUT2D eigenvalue weighted by molar-refractivity contribution is -0.139. The highest BCUT2D eigenvalue weighted by Crippen LogP contribution is 2.25. The van der Waals surface area contributed by atoms with Gasteiger partial charge in [-0.2, -0.15) is 0 Å². The Hall–Kier alpha value is -1.39. The van der Waals surface area contributed by atoms with Crippen molar-refractivity contribution in [1.29, 1.82) is 0 Å². The molecule has 0 amide bonds. The first-order chi connectivity index (χ1) is 10.2. The van der Waals surface area contributed by atoms with Gasteiger partial charge in [0.2, 0.25) is 0 Å². The number of methoxy groups -OCH3 is 1. The van der Waals surface area contributed by atoms with Crippen molar-refractivity contribution in [3.05, 3.63) is 35.4 Å². The summed E-state index contributed by atoms with van der Waals surface area (Å²) >= 11 is 0. The van der Waals surface area contributed by atoms with E-state index < -0.39 is 0 Å². The highest BCUT2D eigenvalue weighted by Gasteiger charge is 2.27. The summed E-state index contributed by atoms with van der Waals surface area (Å²) in [6.45, 7) is 4.92. The third kappa shape index (κ3) is 4.05. The molecule has 2 N–H and O–H groups in total. The van der Waals surface area contributed by atoms with Crippen LogP contribution in [0.5, 0.6) is 0 Å². The maximum absolute atomic E-state index is 11.5. The highest BCUT2D eigenvalue weighted by molar-refractivity contribution is 5.72. The molecule has 0 aliphatic carbocycles. The van der Waals surface area contributed by atoms with Gasteiger partial charge in [0.25, 0.3) is 0 Å². The van der Waals surface area contributed by atoms with Crippen molar-refractivity contribution >= 4 is 5.97 Å². The molecule has 1 aromatic rings. The SMILES string of the molecule is COC(=O)Cc1ccccc1CN1CCCC(C)C1CN. The molecule has 2 rings (SSSR count). The van der Waals surface area contributed by atoms with Gasteiger partial charge in [-0.3, -0.25) is 9.69 Å². The predicted octanol–water partition coefficient (Wildman–Crippen LogP) is 1.96. The normalized spacial score (nSPS) is 23.0. The van der Waals surface area contributed by atoms with E-state index in [1.54, 1.807) is 0 Å². The minimum Gasteiger partial charge on any atom is -0.469 e. The molecule has 2 atom stereocenters. The molecule has 1 aromatic carbocycles. The Balaban J connectivity index is 2.13. The number of nitrogens with two attached hydrogens (primary N) is 1. The summed E-state index contributed by atoms with van der Waals surface area (Å²) < 4.78 is 4.79. The molecule has 0 saturated carbocycles. The monoisotopic (exact) mass is 290 g/mol. The molecule has 21 heavy (non-hydrogen) atoms. The molecule has 1 saturated heterocycles. The molecule has 116 valence electrons. The standard InChI is InChI=1S/C17H26N2O2/c1-13-6-5-9-19(16(13)11-18)12-15-8-4-3-7-14(15)10-17(20)21-2/h3-4,7-8,13,16H,5-6,9-12,18H2,1-2H3. The van der Waals surface area contributed by atoms with Gasteiger partial charge in [-0.15, -0.1) is 0 Å². The molecule has 0 bridgehead atoms. The lowest BCUT2D eigenvalue weighted by Crippen LogP contribution is -2.48. The lowest BCUT2D eigenvalue weighted by atomic mass is 9.90. The molecular weight excluding hydrogens is 264 g/mol. The zero-order valence-corrected chi connectivity index (χ0v) is 13.0. The van der Waals surface area contributed by atoms with Crippen LogP contribution in [-0.4, -0.2) is 37.1 Å². The Morgan fingerprint density at radius 2 is 2.10 bits per heavy atom. The van der Waals surface area contributed by atoms with Gasteiger partial charge in [0, 0.05) is 19.1 Å². The first-order valence-corrected chi connectivity index (χ1v) is 7.73. The number of likely N-dealkylation sites (tertiary alicyclic amines) is 1. The number of esters is 1. The van der Waals surface area contributed by atoms with Gasteiger partial charge >= 0.3 is 5.97 Å². The van der Waals surface area contributed by atoms with E-state index in [2.05, 4.69) is 17.9 Å². The number of rotatable bonds is 5. The molecule has 0 radical (unpaired) electrons. The first kappa shape index (κ1) is 16.0. The summed E-state index contributed by atoms with van der Waals surface area (Å²) in [5.74, 6) is 0.446. The summed E-state index contributed by atoms with van der Waals surface area (Å²) in [4.78, 5) is 14.0. The number of carbonyl (C=O) groups excluding carboxylic acids is 1. The molecule has 0 spiro atoms. The van der Waals surface area contributed by atoms with Crippen molar-refractivity contribution in [3.63, 3.8) is 0 Å². The van der Waals surface area contributed by atoms with E-state index in [1.165, 1.54) is 25.5 Å². The summed E-state index contributed by atoms with van der Waals surface area (Å²) in [5.41, 5.74) is 8.22. The number of nitrogens with zero attached hydrogens (tertiary/aromatic N) is 1. The van der Waals surface area contributed by atoms with E-state index >= 15 is 0 Å². The number of hydrogen-bond donors (Lipinski definition) is 1. The van der Waals surface area contributed by atoms with E-state index in [0.717, 1.165) is 18.7 Å². The fourth-order valence-electron chi connectivity index (χ4n) is 3.24. The van der Waals surface area contributed by atoms with Crippen molar-refractivity contribution in [3.8, 4) is 0 Å². The van der Waals surface area contributed by atoms with E-state index in [-0.39, 0.29) is 5.97 Å². The van der Waals surface area contributed by atoms with Crippen molar-refractivity contribution in [2.45, 2.75) is 38.8 Å². The van der Waals surface area contributed by atoms with Crippen molar-refractivity contribution in [2.75, 3.05) is 20.2 Å². The smallest absolute Gasteiger partial charge is 0.309 e. The van der Waals surface area contributed by atoms with E-state index in [1.807, 2.05) is 18.2 Å². The summed E-state index contributed by atoms with van der Waals surface area (Å²) in [5, 5.41) is 0. The molecule has 2 unspecified atom stereocenters. The fourth-order valence-corrected chi connectivity index (χ4v) is 3.24. The van der Waals surface area contributed by atoms with Crippen LogP contribution in [0, 0.1) is 5.92 Å². The quantitative estimate of drug-likeness (QED) is 0.842. The molecule has 0 aromatic heterocycles. The molecule has 1 aliphatic heterocycles. The van der Waals surface area contributed by atoms with Crippen molar-refractivity contribution in [1.82, 2.24) is 4.90 Å². The molecule has 1 fully saturated rings. The van der Waals surface area contributed by atoms with Crippen LogP contribution in [0.15, 0.2) is 24.3 Å². The Morgan fingerprint density at radius 1 is 1.38 bits per heavy atom. The second kappa shape index (κ2) is 7.57. The molecule has 1 aliphatic rings. The van der Waals surface area contributed by atoms with Gasteiger partial charge in [-0.1, -0.05) is 31.2 Å². The number of carbonyl (C=O) groups is 1. The Bertz CT molecular complexity index is 476. The van der Waals surface area contributed by atoms with Crippen LogP contribution in [0.1, 0.15) is 30.9 Å². The van der Waals surface area contributed by atoms with Crippen molar-refractivity contribution in [2.24, 2.45) is 11.7 Å². The predicted molar refractivity (Wildman–Crippen MR) is 83.8 cm³/mol. The fraction of sp³-hybridized carbons (Fsp3) is 0.588. The maximum Gasteiger partial charge on any atom is 0.309 e. The van der Waals surface area contributed by atoms with Crippen LogP contribution in [0.4, 0.5) is 0 Å². The second-order valence-corrected chi connectivity index (χ2v) is 5.91. The van der Waals surface area contributed by atoms with Crippen LogP contribution in [0.3, 0.4) is 0 Å². The molecule has 1 heterocycles. The van der Waals surface area contributed by atoms with E-state index in [0.29, 0.717) is 24.9 Å². The zero-order valence-electron chi connectivity index (χ0n) is 13.0. The van der Waals surface area contributed by atoms with E-state index in [9.17, 15) is 4.79 Å².